The second-order valence-electron chi connectivity index (χ2n) is 11.7. The number of thioether (sulfide) groups is 1. The number of amides is 1. The van der Waals surface area contributed by atoms with Crippen molar-refractivity contribution in [2.45, 2.75) is 76.8 Å². The highest BCUT2D eigenvalue weighted by Gasteiger charge is 2.34. The van der Waals surface area contributed by atoms with Crippen molar-refractivity contribution in [2.75, 3.05) is 54.9 Å². The lowest BCUT2D eigenvalue weighted by molar-refractivity contribution is -0.133. The van der Waals surface area contributed by atoms with Gasteiger partial charge in [-0.3, -0.25) is 9.78 Å². The summed E-state index contributed by atoms with van der Waals surface area (Å²) in [7, 11) is 0. The lowest BCUT2D eigenvalue weighted by Crippen LogP contribution is -2.43. The largest absolute Gasteiger partial charge is 0.382 e. The molecule has 1 amide bonds. The van der Waals surface area contributed by atoms with E-state index in [-0.39, 0.29) is 0 Å². The molecule has 3 aliphatic rings. The van der Waals surface area contributed by atoms with Crippen LogP contribution in [-0.2, 0) is 11.2 Å². The van der Waals surface area contributed by atoms with Crippen LogP contribution in [0.5, 0.6) is 0 Å². The molecule has 39 heavy (non-hydrogen) atoms. The van der Waals surface area contributed by atoms with Gasteiger partial charge in [-0.25, -0.2) is 9.97 Å². The van der Waals surface area contributed by atoms with Crippen LogP contribution in [-0.4, -0.2) is 87.0 Å². The third kappa shape index (κ3) is 8.55. The molecule has 0 spiro atoms. The monoisotopic (exact) mass is 551 g/mol. The van der Waals surface area contributed by atoms with Crippen LogP contribution in [0.4, 0.5) is 11.5 Å². The second kappa shape index (κ2) is 13.8. The number of carbonyl (C=O) groups excluding carboxylic acids is 1. The van der Waals surface area contributed by atoms with Crippen LogP contribution < -0.4 is 10.6 Å². The Labute approximate surface area is 238 Å². The van der Waals surface area contributed by atoms with Crippen molar-refractivity contribution in [1.29, 1.82) is 0 Å². The number of likely N-dealkylation sites (tertiary alicyclic amines) is 2. The minimum absolute atomic E-state index is 0.332. The number of piperidine rings is 2. The number of pyridine rings is 1. The Balaban J connectivity index is 0.943. The number of aromatic nitrogens is 3. The second-order valence-corrected chi connectivity index (χ2v) is 12.9. The summed E-state index contributed by atoms with van der Waals surface area (Å²) in [4.78, 5) is 30.4. The van der Waals surface area contributed by atoms with Gasteiger partial charge in [-0.1, -0.05) is 13.8 Å². The van der Waals surface area contributed by atoms with Crippen molar-refractivity contribution in [3.8, 4) is 0 Å². The molecule has 0 bridgehead atoms. The standard InChI is InChI=1S/C30H45N7OS/c1-22(2)28-20-29(33-21-32-28)35-25-6-12-36(13-7-25)16-18-39-17-10-26-19-27(5-11-31-26)34-24-8-14-37(15-9-24)30(38)23-3-4-23/h5,11,19-25H,3-4,6-10,12-18H2,1-2H3,(H,31,34)(H,32,33,35). The number of carbonyl (C=O) groups is 1. The summed E-state index contributed by atoms with van der Waals surface area (Å²) < 4.78 is 0. The van der Waals surface area contributed by atoms with Crippen molar-refractivity contribution >= 4 is 29.2 Å². The fraction of sp³-hybridized carbons (Fsp3) is 0.667. The highest BCUT2D eigenvalue weighted by molar-refractivity contribution is 7.99. The number of aryl methyl sites for hydroxylation is 1. The first kappa shape index (κ1) is 28.1. The molecule has 4 heterocycles. The van der Waals surface area contributed by atoms with Crippen LogP contribution in [0.1, 0.15) is 69.7 Å². The van der Waals surface area contributed by atoms with E-state index >= 15 is 0 Å². The fourth-order valence-electron chi connectivity index (χ4n) is 5.52. The third-order valence-electron chi connectivity index (χ3n) is 8.19. The zero-order valence-electron chi connectivity index (χ0n) is 23.6. The first-order valence-electron chi connectivity index (χ1n) is 14.9. The molecule has 0 radical (unpaired) electrons. The summed E-state index contributed by atoms with van der Waals surface area (Å²) in [5.74, 6) is 4.36. The first-order valence-corrected chi connectivity index (χ1v) is 16.1. The van der Waals surface area contributed by atoms with Crippen LogP contribution in [0.25, 0.3) is 0 Å². The Bertz CT molecular complexity index is 1060. The van der Waals surface area contributed by atoms with Gasteiger partial charge in [-0.2, -0.15) is 11.8 Å². The van der Waals surface area contributed by atoms with Gasteiger partial charge in [0.05, 0.1) is 0 Å². The summed E-state index contributed by atoms with van der Waals surface area (Å²) in [6, 6.07) is 7.31. The van der Waals surface area contributed by atoms with E-state index in [2.05, 4.69) is 67.4 Å². The molecule has 212 valence electrons. The summed E-state index contributed by atoms with van der Waals surface area (Å²) in [6.07, 6.45) is 11.2. The number of hydrogen-bond acceptors (Lipinski definition) is 8. The highest BCUT2D eigenvalue weighted by atomic mass is 32.2. The maximum Gasteiger partial charge on any atom is 0.225 e. The Morgan fingerprint density at radius 3 is 2.44 bits per heavy atom. The summed E-state index contributed by atoms with van der Waals surface area (Å²) in [6.45, 7) is 9.54. The quantitative estimate of drug-likeness (QED) is 0.369. The summed E-state index contributed by atoms with van der Waals surface area (Å²) in [5, 5.41) is 7.32. The highest BCUT2D eigenvalue weighted by Crippen LogP contribution is 2.32. The third-order valence-corrected chi connectivity index (χ3v) is 9.16. The SMILES string of the molecule is CC(C)c1cc(NC2CCN(CCSCCc3cc(NC4CCN(C(=O)C5CC5)CC4)ccn3)CC2)ncn1. The van der Waals surface area contributed by atoms with Gasteiger partial charge in [0.15, 0.2) is 0 Å². The zero-order valence-corrected chi connectivity index (χ0v) is 24.5. The van der Waals surface area contributed by atoms with E-state index in [1.54, 1.807) is 6.33 Å². The number of rotatable bonds is 12. The van der Waals surface area contributed by atoms with Crippen molar-refractivity contribution in [3.05, 3.63) is 42.1 Å². The summed E-state index contributed by atoms with van der Waals surface area (Å²) >= 11 is 2.03. The molecule has 9 heteroatoms. The molecule has 2 N–H and O–H groups in total. The molecule has 8 nitrogen and oxygen atoms in total. The van der Waals surface area contributed by atoms with Gasteiger partial charge in [0.25, 0.3) is 0 Å². The Morgan fingerprint density at radius 2 is 1.69 bits per heavy atom. The molecule has 5 rings (SSSR count). The molecule has 2 saturated heterocycles. The van der Waals surface area contributed by atoms with Gasteiger partial charge < -0.3 is 20.4 Å². The predicted octanol–water partition coefficient (Wildman–Crippen LogP) is 4.66. The smallest absolute Gasteiger partial charge is 0.225 e. The molecule has 0 atom stereocenters. The van der Waals surface area contributed by atoms with Crippen LogP contribution in [0, 0.1) is 5.92 Å². The van der Waals surface area contributed by atoms with Gasteiger partial charge in [0.2, 0.25) is 5.91 Å². The van der Waals surface area contributed by atoms with Crippen LogP contribution in [0.2, 0.25) is 0 Å². The van der Waals surface area contributed by atoms with E-state index in [0.717, 1.165) is 112 Å². The van der Waals surface area contributed by atoms with E-state index in [0.29, 0.717) is 29.8 Å². The van der Waals surface area contributed by atoms with E-state index in [4.69, 9.17) is 0 Å². The molecule has 2 aromatic heterocycles. The number of hydrogen-bond donors (Lipinski definition) is 2. The average molecular weight is 552 g/mol. The van der Waals surface area contributed by atoms with Gasteiger partial charge >= 0.3 is 0 Å². The molecule has 0 aromatic carbocycles. The zero-order chi connectivity index (χ0) is 27.0. The van der Waals surface area contributed by atoms with Gasteiger partial charge in [0, 0.05) is 85.8 Å². The summed E-state index contributed by atoms with van der Waals surface area (Å²) in [5.41, 5.74) is 3.42. The van der Waals surface area contributed by atoms with E-state index in [9.17, 15) is 4.79 Å². The van der Waals surface area contributed by atoms with Crippen LogP contribution >= 0.6 is 11.8 Å². The molecule has 2 aliphatic heterocycles. The lowest BCUT2D eigenvalue weighted by atomic mass is 10.0. The Kier molecular flexibility index (Phi) is 9.96. The molecule has 1 saturated carbocycles. The maximum absolute atomic E-state index is 12.3. The molecule has 1 aliphatic carbocycles. The maximum atomic E-state index is 12.3. The Morgan fingerprint density at radius 1 is 0.949 bits per heavy atom. The Hall–Kier alpha value is -2.39. The molecule has 0 unspecified atom stereocenters. The minimum atomic E-state index is 0.332. The van der Waals surface area contributed by atoms with Crippen molar-refractivity contribution in [3.63, 3.8) is 0 Å². The van der Waals surface area contributed by atoms with Gasteiger partial charge in [0.1, 0.15) is 12.1 Å². The van der Waals surface area contributed by atoms with E-state index < -0.39 is 0 Å². The number of nitrogens with zero attached hydrogens (tertiary/aromatic N) is 5. The van der Waals surface area contributed by atoms with Crippen molar-refractivity contribution in [2.24, 2.45) is 5.92 Å². The molecule has 2 aromatic rings. The van der Waals surface area contributed by atoms with Crippen LogP contribution in [0.3, 0.4) is 0 Å². The van der Waals surface area contributed by atoms with E-state index in [1.165, 1.54) is 0 Å². The lowest BCUT2D eigenvalue weighted by Gasteiger charge is -2.33. The molecule has 3 fully saturated rings. The topological polar surface area (TPSA) is 86.3 Å². The molecular formula is C30H45N7OS. The van der Waals surface area contributed by atoms with Gasteiger partial charge in [-0.05, 0) is 68.7 Å². The fourth-order valence-corrected chi connectivity index (χ4v) is 6.47. The van der Waals surface area contributed by atoms with Crippen molar-refractivity contribution < 1.29 is 4.79 Å². The molecular weight excluding hydrogens is 506 g/mol. The average Bonchev–Trinajstić information content (AvgIpc) is 3.80. The minimum Gasteiger partial charge on any atom is -0.382 e. The normalized spacial score (nSPS) is 19.4. The van der Waals surface area contributed by atoms with Crippen LogP contribution in [0.15, 0.2) is 30.7 Å². The van der Waals surface area contributed by atoms with E-state index in [1.807, 2.05) is 18.0 Å². The van der Waals surface area contributed by atoms with Crippen molar-refractivity contribution in [1.82, 2.24) is 24.8 Å². The van der Waals surface area contributed by atoms with Gasteiger partial charge in [-0.15, -0.1) is 0 Å². The number of nitrogens with one attached hydrogen (secondary N) is 2. The first-order chi connectivity index (χ1) is 19.0. The predicted molar refractivity (Wildman–Crippen MR) is 160 cm³/mol. The number of anilines is 2.